The van der Waals surface area contributed by atoms with E-state index in [0.717, 1.165) is 16.1 Å². The zero-order chi connectivity index (χ0) is 24.1. The summed E-state index contributed by atoms with van der Waals surface area (Å²) in [5.74, 6) is 0.327. The lowest BCUT2D eigenvalue weighted by Gasteiger charge is -2.30. The molecule has 0 aliphatic rings. The molecule has 2 rings (SSSR count). The third-order valence-electron chi connectivity index (χ3n) is 5.13. The number of amides is 1. The fraction of sp³-hybridized carbons (Fsp3) is 0.458. The molecule has 0 bridgehead atoms. The maximum absolute atomic E-state index is 12.8. The first-order chi connectivity index (χ1) is 14.8. The van der Waals surface area contributed by atoms with E-state index in [9.17, 15) is 13.2 Å². The topological polar surface area (TPSA) is 75.7 Å². The van der Waals surface area contributed by atoms with Crippen LogP contribution in [0.15, 0.2) is 42.5 Å². The minimum absolute atomic E-state index is 0.0643. The average molecular weight is 481 g/mol. The van der Waals surface area contributed by atoms with Crippen LogP contribution in [0, 0.1) is 6.92 Å². The number of nitrogens with zero attached hydrogens (tertiary/aromatic N) is 1. The number of benzene rings is 2. The van der Waals surface area contributed by atoms with Gasteiger partial charge in [-0.3, -0.25) is 9.10 Å². The van der Waals surface area contributed by atoms with Crippen LogP contribution in [0.4, 0.5) is 5.69 Å². The van der Waals surface area contributed by atoms with E-state index in [1.807, 2.05) is 31.2 Å². The lowest BCUT2D eigenvalue weighted by Crippen LogP contribution is -2.50. The number of hydrogen-bond donors (Lipinski definition) is 1. The number of sulfonamides is 1. The molecule has 0 aromatic heterocycles. The van der Waals surface area contributed by atoms with Crippen LogP contribution < -0.4 is 14.4 Å². The summed E-state index contributed by atoms with van der Waals surface area (Å²) >= 11 is 6.19. The summed E-state index contributed by atoms with van der Waals surface area (Å²) in [6.07, 6.45) is 1.39. The van der Waals surface area contributed by atoms with Crippen molar-refractivity contribution in [2.24, 2.45) is 0 Å². The summed E-state index contributed by atoms with van der Waals surface area (Å²) in [6.45, 7) is 10.6. The Balaban J connectivity index is 2.03. The Labute approximate surface area is 197 Å². The quantitative estimate of drug-likeness (QED) is 0.528. The number of anilines is 1. The van der Waals surface area contributed by atoms with Crippen LogP contribution >= 0.6 is 11.6 Å². The molecule has 2 aromatic carbocycles. The number of ether oxygens (including phenoxy) is 1. The number of carbonyl (C=O) groups excluding carboxylic acids is 1. The van der Waals surface area contributed by atoms with Crippen molar-refractivity contribution in [2.45, 2.75) is 52.5 Å². The first-order valence-corrected chi connectivity index (χ1v) is 12.8. The van der Waals surface area contributed by atoms with Gasteiger partial charge >= 0.3 is 0 Å². The van der Waals surface area contributed by atoms with Crippen LogP contribution in [0.5, 0.6) is 5.75 Å². The number of hydrogen-bond acceptors (Lipinski definition) is 4. The van der Waals surface area contributed by atoms with Gasteiger partial charge in [0.1, 0.15) is 18.4 Å². The third kappa shape index (κ3) is 6.87. The van der Waals surface area contributed by atoms with Crippen LogP contribution in [0.3, 0.4) is 0 Å². The summed E-state index contributed by atoms with van der Waals surface area (Å²) in [4.78, 5) is 12.8. The molecule has 0 aliphatic carbocycles. The number of aryl methyl sites for hydroxylation is 1. The second-order valence-corrected chi connectivity index (χ2v) is 11.1. The summed E-state index contributed by atoms with van der Waals surface area (Å²) in [5.41, 5.74) is 2.46. The Morgan fingerprint density at radius 2 is 1.78 bits per heavy atom. The molecule has 0 fully saturated rings. The van der Waals surface area contributed by atoms with Gasteiger partial charge in [0.25, 0.3) is 0 Å². The maximum Gasteiger partial charge on any atom is 0.244 e. The van der Waals surface area contributed by atoms with E-state index >= 15 is 0 Å². The van der Waals surface area contributed by atoms with Crippen molar-refractivity contribution in [3.05, 3.63) is 58.6 Å². The van der Waals surface area contributed by atoms with E-state index in [-0.39, 0.29) is 24.5 Å². The standard InChI is InChI=1S/C24H33ClN2O4S/c1-7-22(27(32(6,29)30)19-11-8-17(2)21(25)16-19)23(28)26-14-15-31-20-12-9-18(10-13-20)24(3,4)5/h8-13,16,22H,7,14-15H2,1-6H3,(H,26,28)/t22-/m0/s1. The first kappa shape index (κ1) is 26.0. The second kappa shape index (κ2) is 10.6. The zero-order valence-corrected chi connectivity index (χ0v) is 21.2. The van der Waals surface area contributed by atoms with Crippen LogP contribution in [0.25, 0.3) is 0 Å². The van der Waals surface area contributed by atoms with Gasteiger partial charge in [-0.05, 0) is 54.2 Å². The predicted molar refractivity (Wildman–Crippen MR) is 131 cm³/mol. The number of halogens is 1. The summed E-state index contributed by atoms with van der Waals surface area (Å²) in [7, 11) is -3.71. The maximum atomic E-state index is 12.8. The number of rotatable bonds is 9. The fourth-order valence-electron chi connectivity index (χ4n) is 3.29. The normalized spacial score (nSPS) is 12.8. The summed E-state index contributed by atoms with van der Waals surface area (Å²) in [5, 5.41) is 3.23. The molecule has 6 nitrogen and oxygen atoms in total. The third-order valence-corrected chi connectivity index (χ3v) is 6.72. The second-order valence-electron chi connectivity index (χ2n) is 8.83. The molecule has 0 spiro atoms. The highest BCUT2D eigenvalue weighted by atomic mass is 35.5. The number of carbonyl (C=O) groups is 1. The molecule has 1 N–H and O–H groups in total. The lowest BCUT2D eigenvalue weighted by atomic mass is 9.87. The molecule has 0 saturated carbocycles. The Kier molecular flexibility index (Phi) is 8.60. The molecule has 0 heterocycles. The molecule has 1 atom stereocenters. The van der Waals surface area contributed by atoms with Gasteiger partial charge in [-0.1, -0.05) is 57.5 Å². The predicted octanol–water partition coefficient (Wildman–Crippen LogP) is 4.69. The Morgan fingerprint density at radius 1 is 1.16 bits per heavy atom. The molecule has 0 unspecified atom stereocenters. The van der Waals surface area contributed by atoms with E-state index in [1.54, 1.807) is 25.1 Å². The SMILES string of the molecule is CC[C@@H](C(=O)NCCOc1ccc(C(C)(C)C)cc1)N(c1ccc(C)c(Cl)c1)S(C)(=O)=O. The Morgan fingerprint density at radius 3 is 2.28 bits per heavy atom. The van der Waals surface area contributed by atoms with Crippen molar-refractivity contribution in [3.63, 3.8) is 0 Å². The van der Waals surface area contributed by atoms with E-state index in [1.165, 1.54) is 5.56 Å². The fourth-order valence-corrected chi connectivity index (χ4v) is 4.67. The minimum atomic E-state index is -3.71. The van der Waals surface area contributed by atoms with Gasteiger partial charge in [-0.25, -0.2) is 8.42 Å². The van der Waals surface area contributed by atoms with Crippen molar-refractivity contribution in [1.29, 1.82) is 0 Å². The van der Waals surface area contributed by atoms with Crippen molar-refractivity contribution < 1.29 is 17.9 Å². The first-order valence-electron chi connectivity index (χ1n) is 10.6. The van der Waals surface area contributed by atoms with Gasteiger partial charge in [-0.15, -0.1) is 0 Å². The molecule has 0 radical (unpaired) electrons. The van der Waals surface area contributed by atoms with Crippen LogP contribution in [-0.2, 0) is 20.2 Å². The highest BCUT2D eigenvalue weighted by Gasteiger charge is 2.31. The lowest BCUT2D eigenvalue weighted by molar-refractivity contribution is -0.122. The van der Waals surface area contributed by atoms with Gasteiger partial charge in [0, 0.05) is 5.02 Å². The molecule has 176 valence electrons. The Hall–Kier alpha value is -2.25. The molecular weight excluding hydrogens is 448 g/mol. The average Bonchev–Trinajstić information content (AvgIpc) is 2.70. The molecule has 2 aromatic rings. The van der Waals surface area contributed by atoms with Crippen molar-refractivity contribution in [3.8, 4) is 5.75 Å². The molecule has 0 aliphatic heterocycles. The smallest absolute Gasteiger partial charge is 0.244 e. The minimum Gasteiger partial charge on any atom is -0.492 e. The summed E-state index contributed by atoms with van der Waals surface area (Å²) in [6, 6.07) is 11.9. The van der Waals surface area contributed by atoms with Gasteiger partial charge in [0.05, 0.1) is 18.5 Å². The molecule has 32 heavy (non-hydrogen) atoms. The molecule has 1 amide bonds. The van der Waals surface area contributed by atoms with Crippen molar-refractivity contribution in [1.82, 2.24) is 5.32 Å². The Bertz CT molecular complexity index is 1030. The van der Waals surface area contributed by atoms with E-state index in [2.05, 4.69) is 26.1 Å². The van der Waals surface area contributed by atoms with Gasteiger partial charge < -0.3 is 10.1 Å². The van der Waals surface area contributed by atoms with E-state index < -0.39 is 16.1 Å². The highest BCUT2D eigenvalue weighted by Crippen LogP contribution is 2.28. The van der Waals surface area contributed by atoms with Gasteiger partial charge in [0.2, 0.25) is 15.9 Å². The van der Waals surface area contributed by atoms with Crippen LogP contribution in [0.2, 0.25) is 5.02 Å². The van der Waals surface area contributed by atoms with Crippen LogP contribution in [0.1, 0.15) is 45.2 Å². The molecule has 8 heteroatoms. The van der Waals surface area contributed by atoms with Gasteiger partial charge in [-0.2, -0.15) is 0 Å². The van der Waals surface area contributed by atoms with Crippen LogP contribution in [-0.4, -0.2) is 39.8 Å². The van der Waals surface area contributed by atoms with E-state index in [4.69, 9.17) is 16.3 Å². The van der Waals surface area contributed by atoms with Crippen molar-refractivity contribution >= 4 is 33.2 Å². The highest BCUT2D eigenvalue weighted by molar-refractivity contribution is 7.92. The largest absolute Gasteiger partial charge is 0.492 e. The number of nitrogens with one attached hydrogen (secondary N) is 1. The van der Waals surface area contributed by atoms with E-state index in [0.29, 0.717) is 22.9 Å². The monoisotopic (exact) mass is 480 g/mol. The van der Waals surface area contributed by atoms with Gasteiger partial charge in [0.15, 0.2) is 0 Å². The molecular formula is C24H33ClN2O4S. The summed E-state index contributed by atoms with van der Waals surface area (Å²) < 4.78 is 31.9. The zero-order valence-electron chi connectivity index (χ0n) is 19.6. The molecule has 0 saturated heterocycles. The van der Waals surface area contributed by atoms with Crippen molar-refractivity contribution in [2.75, 3.05) is 23.7 Å².